The number of phenolic OH excluding ortho intramolecular Hbond substituents is 1. The first-order valence-corrected chi connectivity index (χ1v) is 12.4. The first-order valence-electron chi connectivity index (χ1n) is 12.4. The molecule has 0 bridgehead atoms. The van der Waals surface area contributed by atoms with E-state index in [1.807, 2.05) is 6.07 Å². The Labute approximate surface area is 216 Å². The summed E-state index contributed by atoms with van der Waals surface area (Å²) in [6, 6.07) is 11.6. The third-order valence-electron chi connectivity index (χ3n) is 6.62. The van der Waals surface area contributed by atoms with Crippen LogP contribution >= 0.6 is 0 Å². The van der Waals surface area contributed by atoms with Crippen molar-refractivity contribution < 1.29 is 34.0 Å². The third kappa shape index (κ3) is 7.48. The van der Waals surface area contributed by atoms with Crippen molar-refractivity contribution in [1.29, 1.82) is 0 Å². The fourth-order valence-corrected chi connectivity index (χ4v) is 4.54. The number of amides is 2. The standard InChI is InChI=1S/C27H36FN3O6/c1-17-20(10-6-11-23(17)32)25(34)30-21(14-18-8-4-3-5-9-18)24(33)27(36)31-16-19(28)15-22(31)26(35)29-12-7-13-37-2/h3-6,8-11,19,21-22,24,26,29,32-33,35H,7,12-16H2,1-2H3,(H,30,34)/t19-,21-,22-,24-,26?/m0/s1. The molecule has 2 aromatic rings. The summed E-state index contributed by atoms with van der Waals surface area (Å²) in [4.78, 5) is 27.6. The van der Waals surface area contributed by atoms with E-state index in [1.54, 1.807) is 38.3 Å². The second-order valence-electron chi connectivity index (χ2n) is 9.30. The minimum atomic E-state index is -1.70. The van der Waals surface area contributed by atoms with Gasteiger partial charge in [0.1, 0.15) is 18.1 Å². The topological polar surface area (TPSA) is 131 Å². The number of nitrogens with one attached hydrogen (secondary N) is 2. The number of phenols is 1. The molecule has 1 fully saturated rings. The Morgan fingerprint density at radius 3 is 2.59 bits per heavy atom. The highest BCUT2D eigenvalue weighted by atomic mass is 19.1. The number of likely N-dealkylation sites (tertiary alicyclic amines) is 1. The van der Waals surface area contributed by atoms with Crippen LogP contribution in [0, 0.1) is 6.92 Å². The van der Waals surface area contributed by atoms with Crippen molar-refractivity contribution in [2.45, 2.75) is 56.8 Å². The number of carbonyl (C=O) groups excluding carboxylic acids is 2. The molecule has 2 amide bonds. The van der Waals surface area contributed by atoms with Gasteiger partial charge in [-0.3, -0.25) is 14.9 Å². The van der Waals surface area contributed by atoms with Crippen LogP contribution in [0.5, 0.6) is 5.75 Å². The molecule has 1 aliphatic heterocycles. The van der Waals surface area contributed by atoms with Gasteiger partial charge in [-0.05, 0) is 44.0 Å². The number of benzene rings is 2. The average molecular weight is 518 g/mol. The summed E-state index contributed by atoms with van der Waals surface area (Å²) < 4.78 is 19.4. The molecular weight excluding hydrogens is 481 g/mol. The highest BCUT2D eigenvalue weighted by molar-refractivity contribution is 5.97. The van der Waals surface area contributed by atoms with E-state index < -0.39 is 42.4 Å². The SMILES string of the molecule is COCCCNC(O)[C@@H]1C[C@H](F)CN1C(=O)[C@@H](O)[C@H](Cc1ccccc1)NC(=O)c1cccc(O)c1C. The van der Waals surface area contributed by atoms with E-state index in [1.165, 1.54) is 18.2 Å². The van der Waals surface area contributed by atoms with E-state index in [0.29, 0.717) is 25.1 Å². The number of methoxy groups -OCH3 is 1. The number of aliphatic hydroxyl groups is 2. The monoisotopic (exact) mass is 517 g/mol. The summed E-state index contributed by atoms with van der Waals surface area (Å²) in [5.74, 6) is -1.40. The lowest BCUT2D eigenvalue weighted by Gasteiger charge is -2.33. The van der Waals surface area contributed by atoms with Crippen LogP contribution in [0.2, 0.25) is 0 Å². The maximum Gasteiger partial charge on any atom is 0.254 e. The number of carbonyl (C=O) groups is 2. The zero-order valence-electron chi connectivity index (χ0n) is 21.1. The van der Waals surface area contributed by atoms with Gasteiger partial charge >= 0.3 is 0 Å². The van der Waals surface area contributed by atoms with Crippen LogP contribution in [0.3, 0.4) is 0 Å². The Morgan fingerprint density at radius 1 is 1.16 bits per heavy atom. The van der Waals surface area contributed by atoms with Gasteiger partial charge in [-0.15, -0.1) is 0 Å². The largest absolute Gasteiger partial charge is 0.508 e. The summed E-state index contributed by atoms with van der Waals surface area (Å²) in [5, 5.41) is 37.4. The van der Waals surface area contributed by atoms with E-state index in [-0.39, 0.29) is 30.7 Å². The van der Waals surface area contributed by atoms with Gasteiger partial charge in [0.25, 0.3) is 11.8 Å². The molecule has 10 heteroatoms. The molecule has 2 aromatic carbocycles. The zero-order chi connectivity index (χ0) is 26.9. The van der Waals surface area contributed by atoms with Crippen molar-refractivity contribution in [3.8, 4) is 5.75 Å². The molecule has 0 radical (unpaired) electrons. The van der Waals surface area contributed by atoms with Crippen LogP contribution < -0.4 is 10.6 Å². The lowest BCUT2D eigenvalue weighted by atomic mass is 9.98. The molecule has 0 spiro atoms. The summed E-state index contributed by atoms with van der Waals surface area (Å²) in [6.45, 7) is 2.21. The predicted molar refractivity (Wildman–Crippen MR) is 136 cm³/mol. The molecule has 1 aliphatic rings. The maximum absolute atomic E-state index is 14.4. The van der Waals surface area contributed by atoms with Crippen molar-refractivity contribution in [2.75, 3.05) is 26.8 Å². The lowest BCUT2D eigenvalue weighted by molar-refractivity contribution is -0.145. The number of halogens is 1. The number of rotatable bonds is 12. The fraction of sp³-hybridized carbons (Fsp3) is 0.481. The molecule has 9 nitrogen and oxygen atoms in total. The Balaban J connectivity index is 1.79. The summed E-state index contributed by atoms with van der Waals surface area (Å²) in [7, 11) is 1.56. The number of alkyl halides is 1. The smallest absolute Gasteiger partial charge is 0.254 e. The normalized spacial score (nSPS) is 19.9. The summed E-state index contributed by atoms with van der Waals surface area (Å²) in [5.41, 5.74) is 1.34. The molecule has 0 aromatic heterocycles. The second kappa shape index (κ2) is 13.5. The van der Waals surface area contributed by atoms with Gasteiger partial charge in [-0.25, -0.2) is 4.39 Å². The van der Waals surface area contributed by atoms with Crippen molar-refractivity contribution in [3.05, 3.63) is 65.2 Å². The highest BCUT2D eigenvalue weighted by Gasteiger charge is 2.43. The molecule has 5 atom stereocenters. The van der Waals surface area contributed by atoms with E-state index in [9.17, 15) is 29.3 Å². The highest BCUT2D eigenvalue weighted by Crippen LogP contribution is 2.25. The Kier molecular flexibility index (Phi) is 10.4. The number of nitrogens with zero attached hydrogens (tertiary/aromatic N) is 1. The van der Waals surface area contributed by atoms with Gasteiger partial charge in [-0.1, -0.05) is 36.4 Å². The van der Waals surface area contributed by atoms with Crippen molar-refractivity contribution in [3.63, 3.8) is 0 Å². The number of hydrogen-bond donors (Lipinski definition) is 5. The van der Waals surface area contributed by atoms with Crippen LogP contribution in [0.25, 0.3) is 0 Å². The van der Waals surface area contributed by atoms with E-state index in [0.717, 1.165) is 10.5 Å². The predicted octanol–water partition coefficient (Wildman–Crippen LogP) is 1.29. The number of aromatic hydroxyl groups is 1. The Bertz CT molecular complexity index is 1040. The van der Waals surface area contributed by atoms with Crippen LogP contribution in [0.15, 0.2) is 48.5 Å². The fourth-order valence-electron chi connectivity index (χ4n) is 4.54. The second-order valence-corrected chi connectivity index (χ2v) is 9.30. The molecular formula is C27H36FN3O6. The third-order valence-corrected chi connectivity index (χ3v) is 6.62. The summed E-state index contributed by atoms with van der Waals surface area (Å²) in [6.07, 6.45) is -3.56. The van der Waals surface area contributed by atoms with Crippen molar-refractivity contribution >= 4 is 11.8 Å². The first-order chi connectivity index (χ1) is 17.7. The van der Waals surface area contributed by atoms with Gasteiger partial charge in [0.2, 0.25) is 0 Å². The van der Waals surface area contributed by atoms with Gasteiger partial charge in [0.15, 0.2) is 6.10 Å². The van der Waals surface area contributed by atoms with Gasteiger partial charge < -0.3 is 30.3 Å². The molecule has 0 saturated carbocycles. The van der Waals surface area contributed by atoms with Crippen LogP contribution in [-0.4, -0.2) is 89.4 Å². The maximum atomic E-state index is 14.4. The molecule has 1 unspecified atom stereocenters. The Morgan fingerprint density at radius 2 is 1.89 bits per heavy atom. The van der Waals surface area contributed by atoms with Gasteiger partial charge in [-0.2, -0.15) is 0 Å². The minimum Gasteiger partial charge on any atom is -0.508 e. The van der Waals surface area contributed by atoms with Crippen LogP contribution in [0.4, 0.5) is 4.39 Å². The Hall–Kier alpha value is -3.05. The molecule has 0 aliphatic carbocycles. The van der Waals surface area contributed by atoms with E-state index >= 15 is 0 Å². The van der Waals surface area contributed by atoms with E-state index in [4.69, 9.17) is 4.74 Å². The molecule has 202 valence electrons. The molecule has 5 N–H and O–H groups in total. The van der Waals surface area contributed by atoms with Crippen LogP contribution in [-0.2, 0) is 16.0 Å². The number of ether oxygens (including phenoxy) is 1. The van der Waals surface area contributed by atoms with Gasteiger partial charge in [0, 0.05) is 31.3 Å². The lowest BCUT2D eigenvalue weighted by Crippen LogP contribution is -2.57. The molecule has 1 saturated heterocycles. The molecule has 37 heavy (non-hydrogen) atoms. The van der Waals surface area contributed by atoms with Gasteiger partial charge in [0.05, 0.1) is 18.6 Å². The summed E-state index contributed by atoms with van der Waals surface area (Å²) >= 11 is 0. The minimum absolute atomic E-state index is 0.0511. The number of hydrogen-bond acceptors (Lipinski definition) is 7. The molecule has 3 rings (SSSR count). The molecule has 1 heterocycles. The average Bonchev–Trinajstić information content (AvgIpc) is 3.29. The van der Waals surface area contributed by atoms with E-state index in [2.05, 4.69) is 10.6 Å². The number of aliphatic hydroxyl groups excluding tert-OH is 2. The van der Waals surface area contributed by atoms with Crippen LogP contribution in [0.1, 0.15) is 34.3 Å². The first kappa shape index (κ1) is 28.5. The van der Waals surface area contributed by atoms with Crippen molar-refractivity contribution in [1.82, 2.24) is 15.5 Å². The zero-order valence-corrected chi connectivity index (χ0v) is 21.1. The quantitative estimate of drug-likeness (QED) is 0.212. The van der Waals surface area contributed by atoms with Crippen molar-refractivity contribution in [2.24, 2.45) is 0 Å².